The molecule has 0 atom stereocenters. The largest absolute Gasteiger partial charge is 0.340 e. The third kappa shape index (κ3) is 3.15. The minimum Gasteiger partial charge on any atom is -0.340 e. The first-order valence-electron chi connectivity index (χ1n) is 7.00. The van der Waals surface area contributed by atoms with Gasteiger partial charge in [0, 0.05) is 43.5 Å². The lowest BCUT2D eigenvalue weighted by Gasteiger charge is -2.42. The monoisotopic (exact) mass is 264 g/mol. The van der Waals surface area contributed by atoms with Crippen LogP contribution in [0.1, 0.15) is 33.3 Å². The maximum atomic E-state index is 11.8. The average molecular weight is 264 g/mol. The number of aromatic nitrogens is 2. The number of anilines is 1. The molecule has 2 heterocycles. The lowest BCUT2D eigenvalue weighted by Crippen LogP contribution is -2.54. The third-order valence-corrected chi connectivity index (χ3v) is 3.77. The van der Waals surface area contributed by atoms with Crippen molar-refractivity contribution in [3.63, 3.8) is 0 Å². The molecule has 1 fully saturated rings. The summed E-state index contributed by atoms with van der Waals surface area (Å²) in [4.78, 5) is 23.7. The first-order valence-corrected chi connectivity index (χ1v) is 7.00. The van der Waals surface area contributed by atoms with E-state index in [0.29, 0.717) is 5.95 Å². The van der Waals surface area contributed by atoms with E-state index in [4.69, 9.17) is 0 Å². The van der Waals surface area contributed by atoms with Crippen LogP contribution in [-0.2, 0) is 6.42 Å². The van der Waals surface area contributed by atoms with Crippen LogP contribution >= 0.6 is 0 Å². The van der Waals surface area contributed by atoms with Crippen molar-refractivity contribution in [2.45, 2.75) is 39.7 Å². The SMILES string of the molecule is CCc1cnc(N2CCN(C(C)(C)C)CC2)[nH]c1=O. The van der Waals surface area contributed by atoms with Gasteiger partial charge in [-0.3, -0.25) is 14.7 Å². The summed E-state index contributed by atoms with van der Waals surface area (Å²) in [5.74, 6) is 0.704. The highest BCUT2D eigenvalue weighted by atomic mass is 16.1. The Kier molecular flexibility index (Phi) is 3.94. The molecule has 0 aliphatic carbocycles. The molecule has 1 aromatic rings. The normalized spacial score (nSPS) is 17.8. The van der Waals surface area contributed by atoms with Crippen molar-refractivity contribution < 1.29 is 0 Å². The third-order valence-electron chi connectivity index (χ3n) is 3.77. The second kappa shape index (κ2) is 5.33. The summed E-state index contributed by atoms with van der Waals surface area (Å²) in [7, 11) is 0. The van der Waals surface area contributed by atoms with Crippen molar-refractivity contribution in [1.29, 1.82) is 0 Å². The Morgan fingerprint density at radius 1 is 1.26 bits per heavy atom. The van der Waals surface area contributed by atoms with E-state index in [0.717, 1.165) is 38.2 Å². The molecule has 5 nitrogen and oxygen atoms in total. The number of hydrogen-bond acceptors (Lipinski definition) is 4. The summed E-state index contributed by atoms with van der Waals surface area (Å²) in [5, 5.41) is 0. The molecule has 0 radical (unpaired) electrons. The van der Waals surface area contributed by atoms with Crippen molar-refractivity contribution in [3.8, 4) is 0 Å². The summed E-state index contributed by atoms with van der Waals surface area (Å²) < 4.78 is 0. The van der Waals surface area contributed by atoms with Crippen LogP contribution in [0.25, 0.3) is 0 Å². The number of hydrogen-bond donors (Lipinski definition) is 1. The molecular formula is C14H24N4O. The lowest BCUT2D eigenvalue weighted by atomic mass is 10.1. The van der Waals surface area contributed by atoms with Crippen molar-refractivity contribution in [2.24, 2.45) is 0 Å². The standard InChI is InChI=1S/C14H24N4O/c1-5-11-10-15-13(16-12(11)19)17-6-8-18(9-7-17)14(2,3)4/h10H,5-9H2,1-4H3,(H,15,16,19). The van der Waals surface area contributed by atoms with Crippen molar-refractivity contribution in [1.82, 2.24) is 14.9 Å². The van der Waals surface area contributed by atoms with E-state index in [1.54, 1.807) is 6.20 Å². The van der Waals surface area contributed by atoms with E-state index in [1.165, 1.54) is 0 Å². The van der Waals surface area contributed by atoms with Crippen molar-refractivity contribution in [3.05, 3.63) is 22.1 Å². The molecule has 0 unspecified atom stereocenters. The summed E-state index contributed by atoms with van der Waals surface area (Å²) in [6.45, 7) is 12.5. The van der Waals surface area contributed by atoms with E-state index in [9.17, 15) is 4.79 Å². The zero-order valence-corrected chi connectivity index (χ0v) is 12.4. The van der Waals surface area contributed by atoms with Gasteiger partial charge in [0.05, 0.1) is 0 Å². The van der Waals surface area contributed by atoms with Crippen molar-refractivity contribution in [2.75, 3.05) is 31.1 Å². The number of piperazine rings is 1. The topological polar surface area (TPSA) is 52.2 Å². The molecule has 0 aromatic carbocycles. The van der Waals surface area contributed by atoms with Gasteiger partial charge >= 0.3 is 0 Å². The van der Waals surface area contributed by atoms with Crippen molar-refractivity contribution >= 4 is 5.95 Å². The molecule has 106 valence electrons. The number of H-pyrrole nitrogens is 1. The first kappa shape index (κ1) is 14.1. The fraction of sp³-hybridized carbons (Fsp3) is 0.714. The number of aryl methyl sites for hydroxylation is 1. The summed E-state index contributed by atoms with van der Waals surface area (Å²) in [6.07, 6.45) is 2.42. The Balaban J connectivity index is 2.06. The fourth-order valence-corrected chi connectivity index (χ4v) is 2.41. The fourth-order valence-electron chi connectivity index (χ4n) is 2.41. The molecule has 1 saturated heterocycles. The molecule has 5 heteroatoms. The molecule has 1 aliphatic heterocycles. The highest BCUT2D eigenvalue weighted by Gasteiger charge is 2.26. The molecule has 0 spiro atoms. The molecule has 1 N–H and O–H groups in total. The predicted octanol–water partition coefficient (Wildman–Crippen LogP) is 1.25. The van der Waals surface area contributed by atoms with Gasteiger partial charge in [-0.2, -0.15) is 0 Å². The zero-order valence-electron chi connectivity index (χ0n) is 12.4. The maximum Gasteiger partial charge on any atom is 0.255 e. The Bertz CT molecular complexity index is 481. The number of nitrogens with one attached hydrogen (secondary N) is 1. The maximum absolute atomic E-state index is 11.8. The summed E-state index contributed by atoms with van der Waals surface area (Å²) in [6, 6.07) is 0. The van der Waals surface area contributed by atoms with Gasteiger partial charge in [-0.05, 0) is 27.2 Å². The molecule has 0 saturated carbocycles. The molecule has 0 amide bonds. The molecular weight excluding hydrogens is 240 g/mol. The summed E-state index contributed by atoms with van der Waals surface area (Å²) >= 11 is 0. The molecule has 0 bridgehead atoms. The minimum atomic E-state index is -0.00856. The van der Waals surface area contributed by atoms with Gasteiger partial charge in [0.15, 0.2) is 0 Å². The highest BCUT2D eigenvalue weighted by Crippen LogP contribution is 2.17. The van der Waals surface area contributed by atoms with Gasteiger partial charge in [0.2, 0.25) is 5.95 Å². The Morgan fingerprint density at radius 3 is 2.37 bits per heavy atom. The Labute approximate surface area is 114 Å². The van der Waals surface area contributed by atoms with Gasteiger partial charge in [-0.15, -0.1) is 0 Å². The number of rotatable bonds is 2. The minimum absolute atomic E-state index is 0.00856. The van der Waals surface area contributed by atoms with Gasteiger partial charge in [0.25, 0.3) is 5.56 Å². The summed E-state index contributed by atoms with van der Waals surface area (Å²) in [5.41, 5.74) is 0.946. The van der Waals surface area contributed by atoms with Crippen LogP contribution in [0.2, 0.25) is 0 Å². The van der Waals surface area contributed by atoms with Crippen LogP contribution in [-0.4, -0.2) is 46.6 Å². The van der Waals surface area contributed by atoms with E-state index in [1.807, 2.05) is 6.92 Å². The second-order valence-electron chi connectivity index (χ2n) is 6.06. The van der Waals surface area contributed by atoms with Crippen LogP contribution < -0.4 is 10.5 Å². The molecule has 1 aliphatic rings. The molecule has 19 heavy (non-hydrogen) atoms. The van der Waals surface area contributed by atoms with Crippen LogP contribution in [0, 0.1) is 0 Å². The van der Waals surface area contributed by atoms with Crippen LogP contribution in [0.3, 0.4) is 0 Å². The quantitative estimate of drug-likeness (QED) is 0.873. The first-order chi connectivity index (χ1) is 8.91. The molecule has 1 aromatic heterocycles. The Hall–Kier alpha value is -1.36. The van der Waals surface area contributed by atoms with Crippen LogP contribution in [0.4, 0.5) is 5.95 Å². The Morgan fingerprint density at radius 2 is 1.89 bits per heavy atom. The van der Waals surface area contributed by atoms with Crippen LogP contribution in [0.15, 0.2) is 11.0 Å². The van der Waals surface area contributed by atoms with E-state index in [2.05, 4.69) is 40.5 Å². The van der Waals surface area contributed by atoms with Gasteiger partial charge in [0.1, 0.15) is 0 Å². The van der Waals surface area contributed by atoms with Gasteiger partial charge in [-0.25, -0.2) is 4.98 Å². The van der Waals surface area contributed by atoms with E-state index in [-0.39, 0.29) is 11.1 Å². The average Bonchev–Trinajstić information content (AvgIpc) is 2.38. The predicted molar refractivity (Wildman–Crippen MR) is 77.8 cm³/mol. The highest BCUT2D eigenvalue weighted by molar-refractivity contribution is 5.30. The molecule has 2 rings (SSSR count). The van der Waals surface area contributed by atoms with Gasteiger partial charge < -0.3 is 4.90 Å². The van der Waals surface area contributed by atoms with E-state index >= 15 is 0 Å². The second-order valence-corrected chi connectivity index (χ2v) is 6.06. The number of nitrogens with zero attached hydrogens (tertiary/aromatic N) is 3. The van der Waals surface area contributed by atoms with Gasteiger partial charge in [-0.1, -0.05) is 6.92 Å². The van der Waals surface area contributed by atoms with E-state index < -0.39 is 0 Å². The zero-order chi connectivity index (χ0) is 14.0. The van der Waals surface area contributed by atoms with Crippen LogP contribution in [0.5, 0.6) is 0 Å². The number of aromatic amines is 1. The lowest BCUT2D eigenvalue weighted by molar-refractivity contribution is 0.128. The smallest absolute Gasteiger partial charge is 0.255 e.